The van der Waals surface area contributed by atoms with Crippen molar-refractivity contribution in [1.82, 2.24) is 5.32 Å². The molecule has 0 saturated heterocycles. The van der Waals surface area contributed by atoms with E-state index in [1.807, 2.05) is 11.0 Å². The van der Waals surface area contributed by atoms with E-state index < -0.39 is 0 Å². The highest BCUT2D eigenvalue weighted by molar-refractivity contribution is 5.96. The Hall–Kier alpha value is -1.35. The van der Waals surface area contributed by atoms with Gasteiger partial charge in [0.05, 0.1) is 6.54 Å². The number of hydrogen-bond donors (Lipinski definition) is 1. The zero-order valence-corrected chi connectivity index (χ0v) is 12.3. The first-order chi connectivity index (χ1) is 9.74. The van der Waals surface area contributed by atoms with E-state index in [1.165, 1.54) is 31.2 Å². The molecule has 1 aliphatic heterocycles. The molecule has 0 radical (unpaired) electrons. The van der Waals surface area contributed by atoms with Crippen molar-refractivity contribution in [1.29, 1.82) is 0 Å². The van der Waals surface area contributed by atoms with E-state index in [2.05, 4.69) is 30.4 Å². The van der Waals surface area contributed by atoms with Crippen LogP contribution in [0, 0.1) is 5.92 Å². The maximum atomic E-state index is 12.5. The number of benzene rings is 1. The number of anilines is 1. The van der Waals surface area contributed by atoms with E-state index in [9.17, 15) is 4.79 Å². The predicted molar refractivity (Wildman–Crippen MR) is 81.9 cm³/mol. The molecular weight excluding hydrogens is 248 g/mol. The Bertz CT molecular complexity index is 480. The molecular formula is C17H24N2O. The van der Waals surface area contributed by atoms with Gasteiger partial charge in [-0.25, -0.2) is 0 Å². The third-order valence-corrected chi connectivity index (χ3v) is 4.54. The van der Waals surface area contributed by atoms with Crippen LogP contribution < -0.4 is 10.2 Å². The van der Waals surface area contributed by atoms with Gasteiger partial charge in [0.1, 0.15) is 0 Å². The number of carbonyl (C=O) groups excluding carboxylic acids is 1. The van der Waals surface area contributed by atoms with Crippen LogP contribution in [0.2, 0.25) is 0 Å². The Morgan fingerprint density at radius 2 is 2.05 bits per heavy atom. The first-order valence-electron chi connectivity index (χ1n) is 7.85. The molecule has 3 nitrogen and oxygen atoms in total. The molecule has 0 aromatic heterocycles. The standard InChI is InChI=1S/C17H24N2O/c1-13-10-14-6-2-5-9-16(14)19(12-13)17(20)11-18-15-7-3-4-8-15/h2,5-6,9,13,15,18H,3-4,7-8,10-12H2,1H3. The summed E-state index contributed by atoms with van der Waals surface area (Å²) in [7, 11) is 0. The largest absolute Gasteiger partial charge is 0.311 e. The molecule has 1 fully saturated rings. The highest BCUT2D eigenvalue weighted by atomic mass is 16.2. The van der Waals surface area contributed by atoms with Crippen molar-refractivity contribution in [2.24, 2.45) is 5.92 Å². The van der Waals surface area contributed by atoms with Gasteiger partial charge in [0, 0.05) is 18.3 Å². The lowest BCUT2D eigenvalue weighted by Gasteiger charge is -2.33. The van der Waals surface area contributed by atoms with Crippen LogP contribution in [-0.4, -0.2) is 25.0 Å². The molecule has 1 aromatic rings. The summed E-state index contributed by atoms with van der Waals surface area (Å²) >= 11 is 0. The van der Waals surface area contributed by atoms with Gasteiger partial charge in [-0.2, -0.15) is 0 Å². The summed E-state index contributed by atoms with van der Waals surface area (Å²) in [5.74, 6) is 0.760. The molecule has 0 bridgehead atoms. The molecule has 1 N–H and O–H groups in total. The second-order valence-electron chi connectivity index (χ2n) is 6.30. The van der Waals surface area contributed by atoms with E-state index in [4.69, 9.17) is 0 Å². The molecule has 1 atom stereocenters. The summed E-state index contributed by atoms with van der Waals surface area (Å²) in [6.07, 6.45) is 6.13. The van der Waals surface area contributed by atoms with E-state index in [1.54, 1.807) is 0 Å². The third-order valence-electron chi connectivity index (χ3n) is 4.54. The lowest BCUT2D eigenvalue weighted by Crippen LogP contribution is -2.45. The number of fused-ring (bicyclic) bond motifs is 1. The van der Waals surface area contributed by atoms with Crippen molar-refractivity contribution in [3.63, 3.8) is 0 Å². The number of carbonyl (C=O) groups is 1. The Balaban J connectivity index is 1.67. The van der Waals surface area contributed by atoms with E-state index in [-0.39, 0.29) is 5.91 Å². The topological polar surface area (TPSA) is 32.3 Å². The zero-order chi connectivity index (χ0) is 13.9. The minimum absolute atomic E-state index is 0.218. The first-order valence-corrected chi connectivity index (χ1v) is 7.85. The molecule has 1 aliphatic carbocycles. The van der Waals surface area contributed by atoms with Crippen molar-refractivity contribution in [3.8, 4) is 0 Å². The maximum Gasteiger partial charge on any atom is 0.240 e. The summed E-state index contributed by atoms with van der Waals surface area (Å²) < 4.78 is 0. The number of nitrogens with zero attached hydrogens (tertiary/aromatic N) is 1. The van der Waals surface area contributed by atoms with Gasteiger partial charge in [-0.1, -0.05) is 38.0 Å². The highest BCUT2D eigenvalue weighted by Crippen LogP contribution is 2.29. The average Bonchev–Trinajstić information content (AvgIpc) is 2.97. The van der Waals surface area contributed by atoms with Gasteiger partial charge in [0.25, 0.3) is 0 Å². The van der Waals surface area contributed by atoms with Crippen molar-refractivity contribution < 1.29 is 4.79 Å². The molecule has 3 heteroatoms. The van der Waals surface area contributed by atoms with Gasteiger partial charge in [-0.15, -0.1) is 0 Å². The number of amides is 1. The molecule has 3 rings (SSSR count). The van der Waals surface area contributed by atoms with E-state index in [0.29, 0.717) is 18.5 Å². The maximum absolute atomic E-state index is 12.5. The fraction of sp³-hybridized carbons (Fsp3) is 0.588. The first kappa shape index (κ1) is 13.6. The number of para-hydroxylation sites is 1. The molecule has 1 amide bonds. The molecule has 2 aliphatic rings. The van der Waals surface area contributed by atoms with Gasteiger partial charge in [0.2, 0.25) is 5.91 Å². The predicted octanol–water partition coefficient (Wildman–Crippen LogP) is 2.74. The van der Waals surface area contributed by atoms with Crippen molar-refractivity contribution in [2.45, 2.75) is 45.1 Å². The Morgan fingerprint density at radius 1 is 1.30 bits per heavy atom. The Morgan fingerprint density at radius 3 is 2.85 bits per heavy atom. The smallest absolute Gasteiger partial charge is 0.240 e. The molecule has 1 aromatic carbocycles. The van der Waals surface area contributed by atoms with Gasteiger partial charge >= 0.3 is 0 Å². The second kappa shape index (κ2) is 5.96. The number of nitrogens with one attached hydrogen (secondary N) is 1. The zero-order valence-electron chi connectivity index (χ0n) is 12.3. The minimum atomic E-state index is 0.218. The molecule has 108 valence electrons. The van der Waals surface area contributed by atoms with Gasteiger partial charge in [-0.3, -0.25) is 4.79 Å². The summed E-state index contributed by atoms with van der Waals surface area (Å²) in [5.41, 5.74) is 2.42. The molecule has 1 unspecified atom stereocenters. The van der Waals surface area contributed by atoms with Crippen molar-refractivity contribution in [3.05, 3.63) is 29.8 Å². The lowest BCUT2D eigenvalue weighted by atomic mass is 9.94. The van der Waals surface area contributed by atoms with Crippen LogP contribution in [0.15, 0.2) is 24.3 Å². The van der Waals surface area contributed by atoms with Crippen LogP contribution in [0.1, 0.15) is 38.2 Å². The average molecular weight is 272 g/mol. The van der Waals surface area contributed by atoms with Crippen molar-refractivity contribution >= 4 is 11.6 Å². The Kier molecular flexibility index (Phi) is 4.06. The van der Waals surface area contributed by atoms with E-state index in [0.717, 1.165) is 18.7 Å². The SMILES string of the molecule is CC1Cc2ccccc2N(C(=O)CNC2CCCC2)C1. The monoisotopic (exact) mass is 272 g/mol. The normalized spacial score (nSPS) is 22.9. The van der Waals surface area contributed by atoms with Crippen LogP contribution in [0.5, 0.6) is 0 Å². The molecule has 1 saturated carbocycles. The van der Waals surface area contributed by atoms with Crippen LogP contribution in [0.4, 0.5) is 5.69 Å². The molecule has 20 heavy (non-hydrogen) atoms. The fourth-order valence-corrected chi connectivity index (χ4v) is 3.49. The minimum Gasteiger partial charge on any atom is -0.311 e. The summed E-state index contributed by atoms with van der Waals surface area (Å²) in [6.45, 7) is 3.55. The number of rotatable bonds is 3. The quantitative estimate of drug-likeness (QED) is 0.917. The van der Waals surface area contributed by atoms with Crippen molar-refractivity contribution in [2.75, 3.05) is 18.0 Å². The summed E-state index contributed by atoms with van der Waals surface area (Å²) in [5, 5.41) is 3.43. The van der Waals surface area contributed by atoms with Crippen LogP contribution >= 0.6 is 0 Å². The summed E-state index contributed by atoms with van der Waals surface area (Å²) in [4.78, 5) is 14.5. The van der Waals surface area contributed by atoms with Gasteiger partial charge < -0.3 is 10.2 Å². The molecule has 1 heterocycles. The third kappa shape index (κ3) is 2.88. The van der Waals surface area contributed by atoms with Crippen LogP contribution in [0.25, 0.3) is 0 Å². The van der Waals surface area contributed by atoms with Crippen LogP contribution in [0.3, 0.4) is 0 Å². The van der Waals surface area contributed by atoms with Gasteiger partial charge in [0.15, 0.2) is 0 Å². The molecule has 0 spiro atoms. The number of hydrogen-bond acceptors (Lipinski definition) is 2. The second-order valence-corrected chi connectivity index (χ2v) is 6.30. The highest BCUT2D eigenvalue weighted by Gasteiger charge is 2.26. The fourth-order valence-electron chi connectivity index (χ4n) is 3.49. The Labute approximate surface area is 121 Å². The lowest BCUT2D eigenvalue weighted by molar-refractivity contribution is -0.118. The van der Waals surface area contributed by atoms with E-state index >= 15 is 0 Å². The van der Waals surface area contributed by atoms with Crippen LogP contribution in [-0.2, 0) is 11.2 Å². The van der Waals surface area contributed by atoms with Gasteiger partial charge in [-0.05, 0) is 36.8 Å². The summed E-state index contributed by atoms with van der Waals surface area (Å²) in [6, 6.07) is 8.87.